The number of hydrogen-bond acceptors (Lipinski definition) is 3. The summed E-state index contributed by atoms with van der Waals surface area (Å²) in [7, 11) is -1.58. The second kappa shape index (κ2) is 6.02. The van der Waals surface area contributed by atoms with Gasteiger partial charge in [-0.05, 0) is 25.5 Å². The number of para-hydroxylation sites is 1. The van der Waals surface area contributed by atoms with E-state index in [1.807, 2.05) is 25.1 Å². The van der Waals surface area contributed by atoms with Crippen molar-refractivity contribution in [3.63, 3.8) is 0 Å². The summed E-state index contributed by atoms with van der Waals surface area (Å²) >= 11 is 6.26. The lowest BCUT2D eigenvalue weighted by atomic mass is 10.1. The molecule has 3 nitrogen and oxygen atoms in total. The molecule has 1 aromatic heterocycles. The molecule has 0 bridgehead atoms. The zero-order valence-corrected chi connectivity index (χ0v) is 13.8. The first-order chi connectivity index (χ1) is 9.38. The maximum atomic E-state index is 11.9. The third-order valence-corrected chi connectivity index (χ3v) is 5.29. The minimum Gasteiger partial charge on any atom is -0.486 e. The normalized spacial score (nSPS) is 11.8. The van der Waals surface area contributed by atoms with Gasteiger partial charge >= 0.3 is 5.63 Å². The van der Waals surface area contributed by atoms with Crippen molar-refractivity contribution < 1.29 is 9.15 Å². The molecular formula is C15H19ClO3Si. The molecule has 108 valence electrons. The molecule has 1 heterocycles. The van der Waals surface area contributed by atoms with Crippen molar-refractivity contribution in [1.29, 1.82) is 0 Å². The smallest absolute Gasteiger partial charge is 0.379 e. The highest BCUT2D eigenvalue weighted by Crippen LogP contribution is 2.24. The molecule has 20 heavy (non-hydrogen) atoms. The van der Waals surface area contributed by atoms with Gasteiger partial charge in [-0.3, -0.25) is 0 Å². The van der Waals surface area contributed by atoms with E-state index >= 15 is 0 Å². The van der Waals surface area contributed by atoms with Crippen LogP contribution in [0.15, 0.2) is 33.5 Å². The van der Waals surface area contributed by atoms with Gasteiger partial charge in [-0.15, -0.1) is 0 Å². The lowest BCUT2D eigenvalue weighted by molar-refractivity contribution is 0.299. The van der Waals surface area contributed by atoms with Crippen molar-refractivity contribution in [1.82, 2.24) is 0 Å². The van der Waals surface area contributed by atoms with E-state index in [1.165, 1.54) is 0 Å². The topological polar surface area (TPSA) is 39.4 Å². The van der Waals surface area contributed by atoms with Crippen LogP contribution in [0.4, 0.5) is 0 Å². The molecule has 0 fully saturated rings. The van der Waals surface area contributed by atoms with Crippen LogP contribution < -0.4 is 10.4 Å². The highest BCUT2D eigenvalue weighted by atomic mass is 35.6. The molecule has 2 rings (SSSR count). The van der Waals surface area contributed by atoms with Crippen molar-refractivity contribution in [2.45, 2.75) is 32.5 Å². The monoisotopic (exact) mass is 310 g/mol. The summed E-state index contributed by atoms with van der Waals surface area (Å²) in [5, 5.41) is 0.911. The summed E-state index contributed by atoms with van der Waals surface area (Å²) in [5.41, 5.74) is 1.01. The average Bonchev–Trinajstić information content (AvgIpc) is 2.36. The first-order valence-corrected chi connectivity index (χ1v) is 10.9. The zero-order chi connectivity index (χ0) is 14.8. The molecule has 1 aromatic carbocycles. The molecular weight excluding hydrogens is 292 g/mol. The van der Waals surface area contributed by atoms with Crippen LogP contribution in [0, 0.1) is 6.92 Å². The number of rotatable bonds is 5. The van der Waals surface area contributed by atoms with Crippen molar-refractivity contribution in [3.05, 3.63) is 40.2 Å². The van der Waals surface area contributed by atoms with E-state index in [4.69, 9.17) is 20.2 Å². The Morgan fingerprint density at radius 2 is 2.00 bits per heavy atom. The maximum Gasteiger partial charge on any atom is 0.379 e. The molecule has 0 amide bonds. The fourth-order valence-corrected chi connectivity index (χ4v) is 3.51. The van der Waals surface area contributed by atoms with Gasteiger partial charge in [0.2, 0.25) is 5.75 Å². The lowest BCUT2D eigenvalue weighted by Gasteiger charge is -2.13. The van der Waals surface area contributed by atoms with Crippen LogP contribution in [0.1, 0.15) is 12.0 Å². The van der Waals surface area contributed by atoms with Gasteiger partial charge in [0, 0.05) is 10.9 Å². The van der Waals surface area contributed by atoms with E-state index < -0.39 is 13.0 Å². The third kappa shape index (κ3) is 3.64. The number of benzene rings is 1. The van der Waals surface area contributed by atoms with Gasteiger partial charge in [0.1, 0.15) is 5.58 Å². The van der Waals surface area contributed by atoms with E-state index in [0.29, 0.717) is 17.9 Å². The maximum absolute atomic E-state index is 11.9. The van der Waals surface area contributed by atoms with Crippen LogP contribution in [-0.2, 0) is 0 Å². The van der Waals surface area contributed by atoms with Gasteiger partial charge in [0.15, 0.2) is 7.38 Å². The number of halogens is 1. The number of fused-ring (bicyclic) bond motifs is 1. The molecule has 0 saturated heterocycles. The SMILES string of the molecule is Cc1c(OCCC[Si](C)(C)Cl)c(=O)oc2ccccc12. The van der Waals surface area contributed by atoms with Crippen molar-refractivity contribution in [2.75, 3.05) is 6.61 Å². The fraction of sp³-hybridized carbons (Fsp3) is 0.400. The standard InChI is InChI=1S/C15H19ClO3Si/c1-11-12-7-4-5-8-13(12)19-15(17)14(11)18-9-6-10-20(2,3)16/h4-5,7-8H,6,9-10H2,1-3H3. The molecule has 2 aromatic rings. The van der Waals surface area contributed by atoms with Gasteiger partial charge in [-0.25, -0.2) is 4.79 Å². The van der Waals surface area contributed by atoms with Gasteiger partial charge < -0.3 is 9.15 Å². The Bertz CT molecular complexity index is 658. The van der Waals surface area contributed by atoms with Gasteiger partial charge in [0.25, 0.3) is 0 Å². The molecule has 0 aliphatic heterocycles. The molecule has 0 saturated carbocycles. The summed E-state index contributed by atoms with van der Waals surface area (Å²) in [6.45, 7) is 6.58. The van der Waals surface area contributed by atoms with Crippen LogP contribution >= 0.6 is 11.1 Å². The average molecular weight is 311 g/mol. The summed E-state index contributed by atoms with van der Waals surface area (Å²) in [6, 6.07) is 8.44. The largest absolute Gasteiger partial charge is 0.486 e. The van der Waals surface area contributed by atoms with Crippen LogP contribution in [-0.4, -0.2) is 14.0 Å². The van der Waals surface area contributed by atoms with E-state index in [2.05, 4.69) is 13.1 Å². The van der Waals surface area contributed by atoms with Crippen LogP contribution in [0.3, 0.4) is 0 Å². The minimum absolute atomic E-state index is 0.317. The van der Waals surface area contributed by atoms with Gasteiger partial charge in [-0.2, -0.15) is 11.1 Å². The summed E-state index contributed by atoms with van der Waals surface area (Å²) in [6.07, 6.45) is 0.856. The van der Waals surface area contributed by atoms with Gasteiger partial charge in [0.05, 0.1) is 6.61 Å². The minimum atomic E-state index is -1.58. The Morgan fingerprint density at radius 3 is 2.70 bits per heavy atom. The Labute approximate surface area is 124 Å². The molecule has 0 spiro atoms. The molecule has 0 atom stereocenters. The predicted molar refractivity (Wildman–Crippen MR) is 85.5 cm³/mol. The first kappa shape index (κ1) is 15.1. The van der Waals surface area contributed by atoms with Crippen molar-refractivity contribution in [2.24, 2.45) is 0 Å². The fourth-order valence-electron chi connectivity index (χ4n) is 2.12. The summed E-state index contributed by atoms with van der Waals surface area (Å²) < 4.78 is 10.9. The Kier molecular flexibility index (Phi) is 4.55. The van der Waals surface area contributed by atoms with Gasteiger partial charge in [-0.1, -0.05) is 31.3 Å². The summed E-state index contributed by atoms with van der Waals surface area (Å²) in [5.74, 6) is 0.317. The second-order valence-corrected chi connectivity index (χ2v) is 12.5. The predicted octanol–water partition coefficient (Wildman–Crippen LogP) is 4.31. The van der Waals surface area contributed by atoms with Crippen molar-refractivity contribution >= 4 is 29.4 Å². The molecule has 0 aliphatic rings. The molecule has 0 N–H and O–H groups in total. The van der Waals surface area contributed by atoms with Crippen LogP contribution in [0.5, 0.6) is 5.75 Å². The van der Waals surface area contributed by atoms with Crippen molar-refractivity contribution in [3.8, 4) is 5.75 Å². The van der Waals surface area contributed by atoms with E-state index in [-0.39, 0.29) is 0 Å². The highest BCUT2D eigenvalue weighted by molar-refractivity contribution is 7.19. The third-order valence-electron chi connectivity index (χ3n) is 3.18. The Morgan fingerprint density at radius 1 is 1.30 bits per heavy atom. The highest BCUT2D eigenvalue weighted by Gasteiger charge is 2.17. The summed E-state index contributed by atoms with van der Waals surface area (Å²) in [4.78, 5) is 11.9. The molecule has 0 unspecified atom stereocenters. The number of ether oxygens (including phenoxy) is 1. The molecule has 0 radical (unpaired) electrons. The molecule has 0 aliphatic carbocycles. The lowest BCUT2D eigenvalue weighted by Crippen LogP contribution is -2.18. The second-order valence-electron chi connectivity index (χ2n) is 5.51. The van der Waals surface area contributed by atoms with E-state index in [9.17, 15) is 4.79 Å². The van der Waals surface area contributed by atoms with E-state index in [0.717, 1.165) is 23.4 Å². The number of aryl methyl sites for hydroxylation is 1. The van der Waals surface area contributed by atoms with Crippen LogP contribution in [0.2, 0.25) is 19.1 Å². The number of hydrogen-bond donors (Lipinski definition) is 0. The zero-order valence-electron chi connectivity index (χ0n) is 12.0. The van der Waals surface area contributed by atoms with Crippen LogP contribution in [0.25, 0.3) is 11.0 Å². The quantitative estimate of drug-likeness (QED) is 0.357. The Hall–Kier alpha value is -1.26. The van der Waals surface area contributed by atoms with E-state index in [1.54, 1.807) is 6.07 Å². The molecule has 5 heteroatoms. The first-order valence-electron chi connectivity index (χ1n) is 6.73. The Balaban J connectivity index is 2.16.